The van der Waals surface area contributed by atoms with E-state index >= 15 is 0 Å². The van der Waals surface area contributed by atoms with Gasteiger partial charge in [0, 0.05) is 53.5 Å². The summed E-state index contributed by atoms with van der Waals surface area (Å²) in [4.78, 5) is 19.5. The first-order chi connectivity index (χ1) is 17.9. The van der Waals surface area contributed by atoms with Crippen LogP contribution in [-0.2, 0) is 6.54 Å². The number of aromatic nitrogens is 3. The maximum absolute atomic E-state index is 12.9. The predicted octanol–water partition coefficient (Wildman–Crippen LogP) is 6.08. The number of piperidine rings is 1. The van der Waals surface area contributed by atoms with E-state index in [4.69, 9.17) is 33.9 Å². The van der Waals surface area contributed by atoms with Gasteiger partial charge in [0.15, 0.2) is 5.65 Å². The molecule has 0 aliphatic carbocycles. The molecule has 0 saturated carbocycles. The second-order valence-electron chi connectivity index (χ2n) is 9.07. The van der Waals surface area contributed by atoms with Gasteiger partial charge in [-0.1, -0.05) is 47.5 Å². The Labute approximate surface area is 233 Å². The Bertz CT molecular complexity index is 1440. The smallest absolute Gasteiger partial charge is 0.317 e. The molecule has 1 atom stereocenters. The molecule has 1 aliphatic rings. The molecule has 3 heterocycles. The Morgan fingerprint density at radius 3 is 2.84 bits per heavy atom. The highest BCUT2D eigenvalue weighted by atomic mass is 79.9. The molecule has 1 aliphatic heterocycles. The summed E-state index contributed by atoms with van der Waals surface area (Å²) in [5, 5.41) is 12.1. The number of carbonyl (C=O) groups excluding carboxylic acids is 1. The molecule has 4 N–H and O–H groups in total. The van der Waals surface area contributed by atoms with Crippen LogP contribution in [0.3, 0.4) is 0 Å². The quantitative estimate of drug-likeness (QED) is 0.232. The Morgan fingerprint density at radius 2 is 2.03 bits per heavy atom. The zero-order valence-electron chi connectivity index (χ0n) is 19.9. The fourth-order valence-corrected chi connectivity index (χ4v) is 5.37. The summed E-state index contributed by atoms with van der Waals surface area (Å²) in [7, 11) is 0. The third kappa shape index (κ3) is 5.79. The third-order valence-electron chi connectivity index (χ3n) is 6.49. The van der Waals surface area contributed by atoms with Crippen LogP contribution in [0.15, 0.2) is 59.2 Å². The number of amides is 2. The van der Waals surface area contributed by atoms with E-state index < -0.39 is 0 Å². The van der Waals surface area contributed by atoms with Crippen molar-refractivity contribution < 1.29 is 4.79 Å². The number of nitrogens with one attached hydrogen (secondary N) is 2. The molecule has 2 aromatic carbocycles. The first-order valence-electron chi connectivity index (χ1n) is 12.0. The number of rotatable bonds is 6. The number of urea groups is 1. The van der Waals surface area contributed by atoms with Crippen LogP contribution in [0.1, 0.15) is 18.4 Å². The molecule has 192 valence electrons. The average molecular weight is 603 g/mol. The van der Waals surface area contributed by atoms with Crippen LogP contribution < -0.4 is 16.4 Å². The van der Waals surface area contributed by atoms with Gasteiger partial charge in [0.05, 0.1) is 16.4 Å². The van der Waals surface area contributed by atoms with Gasteiger partial charge in [-0.15, -0.1) is 0 Å². The highest BCUT2D eigenvalue weighted by Gasteiger charge is 2.24. The van der Waals surface area contributed by atoms with E-state index in [0.29, 0.717) is 41.0 Å². The average Bonchev–Trinajstić information content (AvgIpc) is 3.27. The van der Waals surface area contributed by atoms with Crippen LogP contribution in [0.4, 0.5) is 16.3 Å². The highest BCUT2D eigenvalue weighted by molar-refractivity contribution is 9.10. The van der Waals surface area contributed by atoms with E-state index in [2.05, 4.69) is 31.7 Å². The summed E-state index contributed by atoms with van der Waals surface area (Å²) in [6, 6.07) is 14.8. The molecule has 2 amide bonds. The van der Waals surface area contributed by atoms with E-state index in [1.54, 1.807) is 22.8 Å². The summed E-state index contributed by atoms with van der Waals surface area (Å²) in [6.45, 7) is 2.42. The number of nitrogens with two attached hydrogens (primary N) is 1. The maximum atomic E-state index is 12.9. The zero-order valence-corrected chi connectivity index (χ0v) is 23.0. The van der Waals surface area contributed by atoms with Crippen molar-refractivity contribution in [1.82, 2.24) is 24.8 Å². The van der Waals surface area contributed by atoms with Gasteiger partial charge in [-0.05, 0) is 58.5 Å². The summed E-state index contributed by atoms with van der Waals surface area (Å²) >= 11 is 15.8. The Balaban J connectivity index is 1.26. The number of para-hydroxylation sites is 1. The van der Waals surface area contributed by atoms with Crippen molar-refractivity contribution >= 4 is 62.3 Å². The van der Waals surface area contributed by atoms with Crippen molar-refractivity contribution in [3.05, 3.63) is 74.8 Å². The summed E-state index contributed by atoms with van der Waals surface area (Å²) < 4.78 is 2.57. The molecule has 1 fully saturated rings. The molecule has 11 heteroatoms. The molecule has 37 heavy (non-hydrogen) atoms. The second kappa shape index (κ2) is 11.2. The van der Waals surface area contributed by atoms with E-state index in [1.165, 1.54) is 0 Å². The van der Waals surface area contributed by atoms with Crippen LogP contribution in [0.25, 0.3) is 16.9 Å². The molecule has 8 nitrogen and oxygen atoms in total. The van der Waals surface area contributed by atoms with Gasteiger partial charge >= 0.3 is 6.03 Å². The fraction of sp³-hybridized carbons (Fsp3) is 0.269. The Hall–Kier alpha value is -3.01. The van der Waals surface area contributed by atoms with E-state index in [1.807, 2.05) is 41.3 Å². The number of likely N-dealkylation sites (tertiary alicyclic amines) is 1. The lowest BCUT2D eigenvalue weighted by Gasteiger charge is -2.33. The van der Waals surface area contributed by atoms with Crippen molar-refractivity contribution in [1.29, 1.82) is 0 Å². The second-order valence-corrected chi connectivity index (χ2v) is 10.8. The van der Waals surface area contributed by atoms with Gasteiger partial charge in [0.25, 0.3) is 0 Å². The third-order valence-corrected chi connectivity index (χ3v) is 7.64. The van der Waals surface area contributed by atoms with Crippen molar-refractivity contribution in [2.45, 2.75) is 19.4 Å². The lowest BCUT2D eigenvalue weighted by atomic mass is 9.98. The van der Waals surface area contributed by atoms with Gasteiger partial charge in [0.2, 0.25) is 0 Å². The predicted molar refractivity (Wildman–Crippen MR) is 152 cm³/mol. The fourth-order valence-electron chi connectivity index (χ4n) is 4.54. The number of nitrogens with zero attached hydrogens (tertiary/aromatic N) is 4. The molecule has 5 rings (SSSR count). The summed E-state index contributed by atoms with van der Waals surface area (Å²) in [5.41, 5.74) is 10.0. The van der Waals surface area contributed by atoms with Gasteiger partial charge < -0.3 is 21.3 Å². The summed E-state index contributed by atoms with van der Waals surface area (Å²) in [5.74, 6) is 1.10. The lowest BCUT2D eigenvalue weighted by Crippen LogP contribution is -2.46. The van der Waals surface area contributed by atoms with Crippen molar-refractivity contribution in [2.75, 3.05) is 30.7 Å². The number of anilines is 2. The van der Waals surface area contributed by atoms with Gasteiger partial charge in [-0.3, -0.25) is 0 Å². The minimum Gasteiger partial charge on any atom is -0.398 e. The highest BCUT2D eigenvalue weighted by Crippen LogP contribution is 2.29. The number of hydrogen-bond acceptors (Lipinski definition) is 5. The minimum absolute atomic E-state index is 0.0973. The van der Waals surface area contributed by atoms with Gasteiger partial charge in [-0.25, -0.2) is 9.78 Å². The molecule has 1 unspecified atom stereocenters. The summed E-state index contributed by atoms with van der Waals surface area (Å²) in [6.07, 6.45) is 3.69. The molecule has 4 aromatic rings. The number of carbonyl (C=O) groups is 1. The molecule has 0 bridgehead atoms. The molecule has 0 spiro atoms. The van der Waals surface area contributed by atoms with Crippen molar-refractivity contribution in [2.24, 2.45) is 5.92 Å². The van der Waals surface area contributed by atoms with Gasteiger partial charge in [0.1, 0.15) is 5.82 Å². The molecular weight excluding hydrogens is 577 g/mol. The SMILES string of the molecule is Nc1ccccc1-c1cc(NCC2CCCN(C(=O)NCc3ccc(Cl)cc3Cl)C2)n2ncc(Br)c2n1. The number of nitrogen functional groups attached to an aromatic ring is 1. The van der Waals surface area contributed by atoms with Crippen LogP contribution in [0.5, 0.6) is 0 Å². The van der Waals surface area contributed by atoms with Crippen LogP contribution in [-0.4, -0.2) is 45.2 Å². The standard InChI is InChI=1S/C26H26BrCl2N7O/c27-20-14-33-36-24(11-23(34-25(20)36)19-5-1-2-6-22(19)30)31-12-16-4-3-9-35(15-16)26(37)32-13-17-7-8-18(28)10-21(17)29/h1-2,5-8,10-11,14,16,31H,3-4,9,12-13,15,30H2,(H,32,37). The number of fused-ring (bicyclic) bond motifs is 1. The maximum Gasteiger partial charge on any atom is 0.317 e. The number of halogens is 3. The first kappa shape index (κ1) is 25.6. The van der Waals surface area contributed by atoms with Crippen LogP contribution in [0.2, 0.25) is 10.0 Å². The molecule has 2 aromatic heterocycles. The largest absolute Gasteiger partial charge is 0.398 e. The molecule has 0 radical (unpaired) electrons. The monoisotopic (exact) mass is 601 g/mol. The van der Waals surface area contributed by atoms with E-state index in [9.17, 15) is 4.79 Å². The first-order valence-corrected chi connectivity index (χ1v) is 13.5. The molecule has 1 saturated heterocycles. The normalized spacial score (nSPS) is 15.6. The zero-order chi connectivity index (χ0) is 25.9. The Kier molecular flexibility index (Phi) is 7.73. The topological polar surface area (TPSA) is 101 Å². The van der Waals surface area contributed by atoms with Gasteiger partial charge in [-0.2, -0.15) is 9.61 Å². The van der Waals surface area contributed by atoms with Crippen LogP contribution in [0, 0.1) is 5.92 Å². The van der Waals surface area contributed by atoms with E-state index in [-0.39, 0.29) is 11.9 Å². The van der Waals surface area contributed by atoms with Crippen molar-refractivity contribution in [3.8, 4) is 11.3 Å². The minimum atomic E-state index is -0.0973. The Morgan fingerprint density at radius 1 is 1.19 bits per heavy atom. The number of hydrogen-bond donors (Lipinski definition) is 3. The van der Waals surface area contributed by atoms with Crippen LogP contribution >= 0.6 is 39.1 Å². The lowest BCUT2D eigenvalue weighted by molar-refractivity contribution is 0.168. The van der Waals surface area contributed by atoms with Crippen molar-refractivity contribution in [3.63, 3.8) is 0 Å². The number of benzene rings is 2. The molecular formula is C26H26BrCl2N7O. The van der Waals surface area contributed by atoms with E-state index in [0.717, 1.165) is 46.5 Å².